The maximum Gasteiger partial charge on any atom is 0.253 e. The number of nitrogens with two attached hydrogens (primary N) is 1. The van der Waals surface area contributed by atoms with Gasteiger partial charge in [0.25, 0.3) is 5.91 Å². The second kappa shape index (κ2) is 6.33. The third-order valence-corrected chi connectivity index (χ3v) is 2.69. The average molecular weight is 270 g/mol. The zero-order chi connectivity index (χ0) is 14.4. The Bertz CT molecular complexity index is 628. The first-order valence-corrected chi connectivity index (χ1v) is 5.98. The van der Waals surface area contributed by atoms with Gasteiger partial charge in [-0.05, 0) is 29.8 Å². The Labute approximate surface area is 116 Å². The molecule has 6 nitrogen and oxygen atoms in total. The Hall–Kier alpha value is -2.89. The molecule has 4 N–H and O–H groups in total. The maximum absolute atomic E-state index is 12.0. The molecule has 0 saturated carbocycles. The predicted octanol–water partition coefficient (Wildman–Crippen LogP) is 1.16. The van der Waals surface area contributed by atoms with Crippen molar-refractivity contribution in [3.63, 3.8) is 0 Å². The largest absolute Gasteiger partial charge is 0.398 e. The zero-order valence-corrected chi connectivity index (χ0v) is 10.7. The van der Waals surface area contributed by atoms with Crippen LogP contribution in [0, 0.1) is 0 Å². The summed E-state index contributed by atoms with van der Waals surface area (Å²) in [6, 6.07) is 10.3. The number of rotatable bonds is 5. The molecule has 1 aromatic heterocycles. The fraction of sp³-hybridized carbons (Fsp3) is 0.0714. The van der Waals surface area contributed by atoms with E-state index in [-0.39, 0.29) is 5.91 Å². The number of anilines is 2. The van der Waals surface area contributed by atoms with Gasteiger partial charge in [0.05, 0.1) is 5.56 Å². The smallest absolute Gasteiger partial charge is 0.253 e. The van der Waals surface area contributed by atoms with Gasteiger partial charge in [-0.15, -0.1) is 0 Å². The Morgan fingerprint density at radius 1 is 1.30 bits per heavy atom. The maximum atomic E-state index is 12.0. The summed E-state index contributed by atoms with van der Waals surface area (Å²) in [5, 5.41) is 5.21. The molecule has 0 bridgehead atoms. The topological polar surface area (TPSA) is 97.1 Å². The Balaban J connectivity index is 2.02. The van der Waals surface area contributed by atoms with Crippen LogP contribution in [-0.2, 0) is 11.3 Å². The van der Waals surface area contributed by atoms with Crippen molar-refractivity contribution in [1.29, 1.82) is 0 Å². The number of para-hydroxylation sites is 1. The van der Waals surface area contributed by atoms with E-state index >= 15 is 0 Å². The van der Waals surface area contributed by atoms with Crippen LogP contribution in [0.2, 0.25) is 0 Å². The SMILES string of the molecule is Nc1ccccc1C(=O)NCc1ccnc(NC=O)c1. The van der Waals surface area contributed by atoms with Crippen LogP contribution in [0.3, 0.4) is 0 Å². The van der Waals surface area contributed by atoms with Gasteiger partial charge in [-0.1, -0.05) is 12.1 Å². The highest BCUT2D eigenvalue weighted by Crippen LogP contribution is 2.11. The number of hydrogen-bond donors (Lipinski definition) is 3. The quantitative estimate of drug-likeness (QED) is 0.561. The molecule has 0 aliphatic rings. The molecule has 0 atom stereocenters. The summed E-state index contributed by atoms with van der Waals surface area (Å²) in [4.78, 5) is 26.3. The fourth-order valence-corrected chi connectivity index (χ4v) is 1.70. The van der Waals surface area contributed by atoms with Crippen molar-refractivity contribution in [3.05, 3.63) is 53.7 Å². The van der Waals surface area contributed by atoms with Gasteiger partial charge in [-0.25, -0.2) is 4.98 Å². The van der Waals surface area contributed by atoms with Gasteiger partial charge < -0.3 is 16.4 Å². The predicted molar refractivity (Wildman–Crippen MR) is 75.9 cm³/mol. The van der Waals surface area contributed by atoms with E-state index in [2.05, 4.69) is 15.6 Å². The minimum Gasteiger partial charge on any atom is -0.398 e. The van der Waals surface area contributed by atoms with E-state index in [9.17, 15) is 9.59 Å². The van der Waals surface area contributed by atoms with Crippen molar-refractivity contribution in [3.8, 4) is 0 Å². The highest BCUT2D eigenvalue weighted by Gasteiger charge is 2.08. The van der Waals surface area contributed by atoms with Crippen LogP contribution in [0.25, 0.3) is 0 Å². The molecular formula is C14H14N4O2. The van der Waals surface area contributed by atoms with E-state index in [0.29, 0.717) is 30.0 Å². The molecule has 0 saturated heterocycles. The Morgan fingerprint density at radius 2 is 2.10 bits per heavy atom. The number of aromatic nitrogens is 1. The second-order valence-corrected chi connectivity index (χ2v) is 4.08. The lowest BCUT2D eigenvalue weighted by Crippen LogP contribution is -2.23. The Morgan fingerprint density at radius 3 is 2.85 bits per heavy atom. The summed E-state index contributed by atoms with van der Waals surface area (Å²) in [6.07, 6.45) is 2.11. The lowest BCUT2D eigenvalue weighted by molar-refractivity contribution is -0.105. The van der Waals surface area contributed by atoms with E-state index in [1.165, 1.54) is 0 Å². The third-order valence-electron chi connectivity index (χ3n) is 2.69. The van der Waals surface area contributed by atoms with Crippen molar-refractivity contribution in [1.82, 2.24) is 10.3 Å². The molecule has 0 radical (unpaired) electrons. The molecule has 6 heteroatoms. The number of benzene rings is 1. The number of carbonyl (C=O) groups is 2. The highest BCUT2D eigenvalue weighted by atomic mass is 16.1. The number of nitrogen functional groups attached to an aromatic ring is 1. The van der Waals surface area contributed by atoms with Crippen LogP contribution in [0.4, 0.5) is 11.5 Å². The van der Waals surface area contributed by atoms with E-state index in [4.69, 9.17) is 5.73 Å². The van der Waals surface area contributed by atoms with Crippen molar-refractivity contribution in [2.45, 2.75) is 6.54 Å². The fourth-order valence-electron chi connectivity index (χ4n) is 1.70. The number of pyridine rings is 1. The molecule has 0 fully saturated rings. The molecule has 0 aliphatic carbocycles. The minimum atomic E-state index is -0.246. The van der Waals surface area contributed by atoms with Gasteiger partial charge in [0.2, 0.25) is 6.41 Å². The van der Waals surface area contributed by atoms with Gasteiger partial charge in [0, 0.05) is 18.4 Å². The molecule has 2 aromatic rings. The van der Waals surface area contributed by atoms with Gasteiger partial charge >= 0.3 is 0 Å². The van der Waals surface area contributed by atoms with Crippen molar-refractivity contribution in [2.75, 3.05) is 11.1 Å². The van der Waals surface area contributed by atoms with Gasteiger partial charge in [-0.3, -0.25) is 9.59 Å². The number of nitrogens with one attached hydrogen (secondary N) is 2. The number of amides is 2. The van der Waals surface area contributed by atoms with Gasteiger partial charge in [0.15, 0.2) is 0 Å². The van der Waals surface area contributed by atoms with E-state index in [1.54, 1.807) is 42.6 Å². The molecule has 0 spiro atoms. The first-order valence-electron chi connectivity index (χ1n) is 5.98. The van der Waals surface area contributed by atoms with Crippen LogP contribution in [0.15, 0.2) is 42.6 Å². The summed E-state index contributed by atoms with van der Waals surface area (Å²) in [5.41, 5.74) is 7.43. The lowest BCUT2D eigenvalue weighted by atomic mass is 10.1. The summed E-state index contributed by atoms with van der Waals surface area (Å²) in [5.74, 6) is 0.191. The molecular weight excluding hydrogens is 256 g/mol. The third kappa shape index (κ3) is 3.32. The van der Waals surface area contributed by atoms with Crippen LogP contribution >= 0.6 is 0 Å². The van der Waals surface area contributed by atoms with Crippen LogP contribution in [0.5, 0.6) is 0 Å². The Kier molecular flexibility index (Phi) is 4.28. The van der Waals surface area contributed by atoms with E-state index < -0.39 is 0 Å². The molecule has 1 aromatic carbocycles. The van der Waals surface area contributed by atoms with Crippen LogP contribution in [0.1, 0.15) is 15.9 Å². The van der Waals surface area contributed by atoms with E-state index in [1.807, 2.05) is 0 Å². The molecule has 0 unspecified atom stereocenters. The summed E-state index contributed by atoms with van der Waals surface area (Å²) in [6.45, 7) is 0.323. The number of nitrogens with zero attached hydrogens (tertiary/aromatic N) is 1. The second-order valence-electron chi connectivity index (χ2n) is 4.08. The van der Waals surface area contributed by atoms with Crippen molar-refractivity contribution < 1.29 is 9.59 Å². The molecule has 102 valence electrons. The molecule has 2 rings (SSSR count). The molecule has 1 heterocycles. The molecule has 0 aliphatic heterocycles. The van der Waals surface area contributed by atoms with Crippen molar-refractivity contribution in [2.24, 2.45) is 0 Å². The lowest BCUT2D eigenvalue weighted by Gasteiger charge is -2.08. The minimum absolute atomic E-state index is 0.246. The number of hydrogen-bond acceptors (Lipinski definition) is 4. The monoisotopic (exact) mass is 270 g/mol. The van der Waals surface area contributed by atoms with Gasteiger partial charge in [0.1, 0.15) is 5.82 Å². The normalized spacial score (nSPS) is 9.80. The van der Waals surface area contributed by atoms with Gasteiger partial charge in [-0.2, -0.15) is 0 Å². The molecule has 20 heavy (non-hydrogen) atoms. The number of carbonyl (C=O) groups excluding carboxylic acids is 2. The molecule has 2 amide bonds. The van der Waals surface area contributed by atoms with Crippen molar-refractivity contribution >= 4 is 23.8 Å². The first-order chi connectivity index (χ1) is 9.70. The summed E-state index contributed by atoms with van der Waals surface area (Å²) < 4.78 is 0. The van der Waals surface area contributed by atoms with Crippen LogP contribution < -0.4 is 16.4 Å². The average Bonchev–Trinajstić information content (AvgIpc) is 2.46. The highest BCUT2D eigenvalue weighted by molar-refractivity contribution is 5.99. The van der Waals surface area contributed by atoms with E-state index in [0.717, 1.165) is 5.56 Å². The standard InChI is InChI=1S/C14H14N4O2/c15-12-4-2-1-3-11(12)14(20)17-8-10-5-6-16-13(7-10)18-9-19/h1-7,9H,8,15H2,(H,17,20)(H,16,18,19). The summed E-state index contributed by atoms with van der Waals surface area (Å²) >= 11 is 0. The van der Waals surface area contributed by atoms with Crippen LogP contribution in [-0.4, -0.2) is 17.3 Å². The summed E-state index contributed by atoms with van der Waals surface area (Å²) in [7, 11) is 0. The first kappa shape index (κ1) is 13.5. The zero-order valence-electron chi connectivity index (χ0n) is 10.7.